The molecule has 10 nitrogen and oxygen atoms in total. The number of aromatic hydroxyl groups is 2. The molecule has 0 saturated heterocycles. The maximum atomic E-state index is 12.5. The van der Waals surface area contributed by atoms with Gasteiger partial charge in [0.05, 0.1) is 11.5 Å². The smallest absolute Gasteiger partial charge is 0.313 e. The van der Waals surface area contributed by atoms with Gasteiger partial charge in [-0.1, -0.05) is 0 Å². The number of anilines is 1. The van der Waals surface area contributed by atoms with Crippen LogP contribution in [0.4, 0.5) is 11.4 Å². The summed E-state index contributed by atoms with van der Waals surface area (Å²) >= 11 is 0. The van der Waals surface area contributed by atoms with E-state index in [1.165, 1.54) is 45.0 Å². The number of ketones is 1. The highest BCUT2D eigenvalue weighted by Gasteiger charge is 2.33. The third-order valence-electron chi connectivity index (χ3n) is 3.75. The SMILES string of the molecule is CC(=O)Nc1ccc(OC(C)(C)C(=O)Cn2c(O)ccc2O)c([N+](=O)[O-])c1. The number of carbonyl (C=O) groups excluding carboxylic acids is 2. The summed E-state index contributed by atoms with van der Waals surface area (Å²) in [5.41, 5.74) is -1.70. The zero-order valence-corrected chi connectivity index (χ0v) is 14.9. The van der Waals surface area contributed by atoms with E-state index >= 15 is 0 Å². The van der Waals surface area contributed by atoms with E-state index in [0.29, 0.717) is 0 Å². The van der Waals surface area contributed by atoms with Crippen LogP contribution in [0.25, 0.3) is 0 Å². The number of nitrogens with zero attached hydrogens (tertiary/aromatic N) is 2. The monoisotopic (exact) mass is 377 g/mol. The zero-order valence-electron chi connectivity index (χ0n) is 14.9. The fourth-order valence-electron chi connectivity index (χ4n) is 2.30. The van der Waals surface area contributed by atoms with Crippen LogP contribution in [0.2, 0.25) is 0 Å². The molecule has 10 heteroatoms. The summed E-state index contributed by atoms with van der Waals surface area (Å²) in [7, 11) is 0. The molecule has 0 fully saturated rings. The minimum atomic E-state index is -1.50. The molecular formula is C17H19N3O7. The van der Waals surface area contributed by atoms with Crippen molar-refractivity contribution in [1.82, 2.24) is 4.57 Å². The number of Topliss-reactive ketones (excluding diaryl/α,β-unsaturated/α-hetero) is 1. The molecule has 0 saturated carbocycles. The van der Waals surface area contributed by atoms with Gasteiger partial charge in [0.1, 0.15) is 0 Å². The minimum absolute atomic E-state index is 0.159. The Morgan fingerprint density at radius 1 is 1.22 bits per heavy atom. The average Bonchev–Trinajstić information content (AvgIpc) is 2.87. The second-order valence-corrected chi connectivity index (χ2v) is 6.29. The molecular weight excluding hydrogens is 358 g/mol. The lowest BCUT2D eigenvalue weighted by Crippen LogP contribution is -2.40. The molecule has 1 amide bonds. The van der Waals surface area contributed by atoms with Crippen LogP contribution in [-0.4, -0.2) is 37.0 Å². The molecule has 3 N–H and O–H groups in total. The standard InChI is InChI=1S/C17H19N3O7/c1-10(21)18-11-4-5-13(12(8-11)20(25)26)27-17(2,3)14(22)9-19-15(23)6-7-16(19)24/h4-8,23-24H,9H2,1-3H3,(H,18,21). The van der Waals surface area contributed by atoms with Gasteiger partial charge in [-0.15, -0.1) is 0 Å². The Labute approximate surface area is 154 Å². The van der Waals surface area contributed by atoms with E-state index in [2.05, 4.69) is 5.32 Å². The molecule has 0 aliphatic rings. The molecule has 0 aliphatic carbocycles. The summed E-state index contributed by atoms with van der Waals surface area (Å²) in [5, 5.41) is 33.0. The van der Waals surface area contributed by atoms with Crippen LogP contribution in [0.15, 0.2) is 30.3 Å². The zero-order chi connectivity index (χ0) is 20.4. The summed E-state index contributed by atoms with van der Waals surface area (Å²) in [5.74, 6) is -1.69. The van der Waals surface area contributed by atoms with Crippen molar-refractivity contribution in [2.75, 3.05) is 5.32 Å². The Balaban J connectivity index is 2.26. The predicted octanol–water partition coefficient (Wildman–Crippen LogP) is 2.19. The van der Waals surface area contributed by atoms with Crippen molar-refractivity contribution >= 4 is 23.1 Å². The summed E-state index contributed by atoms with van der Waals surface area (Å²) in [4.78, 5) is 34.3. The number of nitrogens with one attached hydrogen (secondary N) is 1. The minimum Gasteiger partial charge on any atom is -0.494 e. The number of nitro benzene ring substituents is 1. The van der Waals surface area contributed by atoms with Gasteiger partial charge in [0.25, 0.3) is 0 Å². The molecule has 0 spiro atoms. The Kier molecular flexibility index (Phi) is 5.39. The molecule has 0 bridgehead atoms. The topological polar surface area (TPSA) is 144 Å². The van der Waals surface area contributed by atoms with Crippen LogP contribution in [0, 0.1) is 10.1 Å². The van der Waals surface area contributed by atoms with Crippen LogP contribution >= 0.6 is 0 Å². The normalized spacial score (nSPS) is 11.1. The lowest BCUT2D eigenvalue weighted by Gasteiger charge is -2.25. The molecule has 0 aliphatic heterocycles. The lowest BCUT2D eigenvalue weighted by atomic mass is 10.0. The van der Waals surface area contributed by atoms with Crippen molar-refractivity contribution in [1.29, 1.82) is 0 Å². The number of amides is 1. The van der Waals surface area contributed by atoms with Gasteiger partial charge in [-0.3, -0.25) is 24.3 Å². The number of ether oxygens (including phenoxy) is 1. The molecule has 1 aromatic heterocycles. The molecule has 2 rings (SSSR count). The van der Waals surface area contributed by atoms with Crippen molar-refractivity contribution in [2.24, 2.45) is 0 Å². The Morgan fingerprint density at radius 2 is 1.81 bits per heavy atom. The van der Waals surface area contributed by atoms with E-state index in [-0.39, 0.29) is 29.1 Å². The number of benzene rings is 1. The van der Waals surface area contributed by atoms with E-state index < -0.39 is 28.5 Å². The van der Waals surface area contributed by atoms with Gasteiger partial charge in [0, 0.05) is 30.8 Å². The average molecular weight is 377 g/mol. The first-order chi connectivity index (χ1) is 12.5. The summed E-state index contributed by atoms with van der Waals surface area (Å²) in [6.07, 6.45) is 0. The first-order valence-corrected chi connectivity index (χ1v) is 7.87. The maximum absolute atomic E-state index is 12.5. The van der Waals surface area contributed by atoms with Gasteiger partial charge in [0.15, 0.2) is 28.9 Å². The van der Waals surface area contributed by atoms with Gasteiger partial charge >= 0.3 is 5.69 Å². The molecule has 1 heterocycles. The molecule has 0 unspecified atom stereocenters. The number of hydrogen-bond donors (Lipinski definition) is 3. The highest BCUT2D eigenvalue weighted by Crippen LogP contribution is 2.33. The van der Waals surface area contributed by atoms with Gasteiger partial charge in [-0.05, 0) is 26.0 Å². The van der Waals surface area contributed by atoms with E-state index in [9.17, 15) is 29.9 Å². The Morgan fingerprint density at radius 3 is 2.33 bits per heavy atom. The number of rotatable bonds is 7. The van der Waals surface area contributed by atoms with Gasteiger partial charge < -0.3 is 20.3 Å². The van der Waals surface area contributed by atoms with Crippen LogP contribution in [-0.2, 0) is 16.1 Å². The highest BCUT2D eigenvalue weighted by atomic mass is 16.6. The molecule has 27 heavy (non-hydrogen) atoms. The molecule has 1 aromatic carbocycles. The van der Waals surface area contributed by atoms with Crippen molar-refractivity contribution in [3.63, 3.8) is 0 Å². The maximum Gasteiger partial charge on any atom is 0.313 e. The Hall–Kier alpha value is -3.56. The van der Waals surface area contributed by atoms with Crippen molar-refractivity contribution in [2.45, 2.75) is 32.9 Å². The van der Waals surface area contributed by atoms with E-state index in [4.69, 9.17) is 4.74 Å². The van der Waals surface area contributed by atoms with E-state index in [1.54, 1.807) is 0 Å². The second-order valence-electron chi connectivity index (χ2n) is 6.29. The van der Waals surface area contributed by atoms with E-state index in [1.807, 2.05) is 0 Å². The number of hydrogen-bond acceptors (Lipinski definition) is 7. The number of carbonyl (C=O) groups is 2. The first-order valence-electron chi connectivity index (χ1n) is 7.87. The predicted molar refractivity (Wildman–Crippen MR) is 94.9 cm³/mol. The summed E-state index contributed by atoms with van der Waals surface area (Å²) < 4.78 is 6.54. The third-order valence-corrected chi connectivity index (χ3v) is 3.75. The molecule has 0 radical (unpaired) electrons. The molecule has 0 atom stereocenters. The second kappa shape index (κ2) is 7.36. The van der Waals surface area contributed by atoms with E-state index in [0.717, 1.165) is 10.6 Å². The molecule has 2 aromatic rings. The van der Waals surface area contributed by atoms with Crippen LogP contribution in [0.5, 0.6) is 17.5 Å². The quantitative estimate of drug-likeness (QED) is 0.495. The fraction of sp³-hybridized carbons (Fsp3) is 0.294. The number of nitro groups is 1. The highest BCUT2D eigenvalue weighted by molar-refractivity contribution is 5.89. The van der Waals surface area contributed by atoms with Crippen molar-refractivity contribution < 1.29 is 29.5 Å². The summed E-state index contributed by atoms with van der Waals surface area (Å²) in [6.45, 7) is 3.70. The van der Waals surface area contributed by atoms with Crippen molar-refractivity contribution in [3.05, 3.63) is 40.4 Å². The summed E-state index contributed by atoms with van der Waals surface area (Å²) in [6, 6.07) is 6.27. The van der Waals surface area contributed by atoms with Crippen LogP contribution in [0.3, 0.4) is 0 Å². The largest absolute Gasteiger partial charge is 0.494 e. The van der Waals surface area contributed by atoms with Gasteiger partial charge in [-0.2, -0.15) is 0 Å². The Bertz CT molecular complexity index is 882. The third kappa shape index (κ3) is 4.54. The van der Waals surface area contributed by atoms with Gasteiger partial charge in [-0.25, -0.2) is 0 Å². The van der Waals surface area contributed by atoms with Crippen LogP contribution in [0.1, 0.15) is 20.8 Å². The number of aromatic nitrogens is 1. The molecule has 144 valence electrons. The first kappa shape index (κ1) is 19.8. The van der Waals surface area contributed by atoms with Gasteiger partial charge in [0.2, 0.25) is 5.91 Å². The van der Waals surface area contributed by atoms with Crippen molar-refractivity contribution in [3.8, 4) is 17.5 Å². The fourth-order valence-corrected chi connectivity index (χ4v) is 2.30. The van der Waals surface area contributed by atoms with Crippen LogP contribution < -0.4 is 10.1 Å². The lowest BCUT2D eigenvalue weighted by molar-refractivity contribution is -0.386.